The zero-order valence-corrected chi connectivity index (χ0v) is 10.4. The number of nitriles is 1. The summed E-state index contributed by atoms with van der Waals surface area (Å²) in [6.07, 6.45) is 2.27. The Morgan fingerprint density at radius 2 is 2.25 bits per heavy atom. The molecule has 0 radical (unpaired) electrons. The summed E-state index contributed by atoms with van der Waals surface area (Å²) < 4.78 is 5.62. The molecule has 0 aromatic heterocycles. The van der Waals surface area contributed by atoms with E-state index in [0.29, 0.717) is 28.9 Å². The van der Waals surface area contributed by atoms with Gasteiger partial charge in [-0.05, 0) is 24.5 Å². The molecule has 0 fully saturated rings. The molecule has 3 heteroatoms. The first-order valence-electron chi connectivity index (χ1n) is 5.49. The monoisotopic (exact) mass is 237 g/mol. The topological polar surface area (TPSA) is 33.0 Å². The lowest BCUT2D eigenvalue weighted by molar-refractivity contribution is 0.251. The van der Waals surface area contributed by atoms with Crippen LogP contribution in [0.25, 0.3) is 0 Å². The maximum atomic E-state index is 8.90. The van der Waals surface area contributed by atoms with Gasteiger partial charge in [0.2, 0.25) is 0 Å². The van der Waals surface area contributed by atoms with Crippen LogP contribution >= 0.6 is 11.6 Å². The van der Waals surface area contributed by atoms with Gasteiger partial charge in [-0.25, -0.2) is 0 Å². The second-order valence-corrected chi connectivity index (χ2v) is 4.39. The molecule has 0 aliphatic carbocycles. The van der Waals surface area contributed by atoms with Crippen molar-refractivity contribution in [1.82, 2.24) is 0 Å². The van der Waals surface area contributed by atoms with E-state index in [0.717, 1.165) is 12.8 Å². The van der Waals surface area contributed by atoms with Gasteiger partial charge in [0.05, 0.1) is 12.2 Å². The summed E-state index contributed by atoms with van der Waals surface area (Å²) >= 11 is 5.86. The minimum absolute atomic E-state index is 0.496. The molecule has 0 saturated heterocycles. The fraction of sp³-hybridized carbons (Fsp3) is 0.462. The van der Waals surface area contributed by atoms with Crippen LogP contribution in [0.3, 0.4) is 0 Å². The molecule has 86 valence electrons. The van der Waals surface area contributed by atoms with Crippen molar-refractivity contribution in [3.8, 4) is 11.8 Å². The van der Waals surface area contributed by atoms with E-state index in [2.05, 4.69) is 19.9 Å². The van der Waals surface area contributed by atoms with Gasteiger partial charge in [0, 0.05) is 11.1 Å². The second kappa shape index (κ2) is 6.40. The van der Waals surface area contributed by atoms with Crippen LogP contribution in [0.1, 0.15) is 32.3 Å². The molecule has 1 atom stereocenters. The Morgan fingerprint density at radius 1 is 1.50 bits per heavy atom. The summed E-state index contributed by atoms with van der Waals surface area (Å²) in [4.78, 5) is 0. The van der Waals surface area contributed by atoms with Crippen molar-refractivity contribution in [2.45, 2.75) is 26.7 Å². The van der Waals surface area contributed by atoms with Crippen molar-refractivity contribution in [1.29, 1.82) is 5.26 Å². The van der Waals surface area contributed by atoms with Crippen LogP contribution in [0.5, 0.6) is 5.75 Å². The number of hydrogen-bond acceptors (Lipinski definition) is 2. The molecule has 1 unspecified atom stereocenters. The summed E-state index contributed by atoms with van der Waals surface area (Å²) in [6.45, 7) is 4.92. The Hall–Kier alpha value is -1.20. The summed E-state index contributed by atoms with van der Waals surface area (Å²) in [5.41, 5.74) is 0.535. The first kappa shape index (κ1) is 12.9. The van der Waals surface area contributed by atoms with Crippen LogP contribution in [0.15, 0.2) is 18.2 Å². The van der Waals surface area contributed by atoms with Gasteiger partial charge in [-0.15, -0.1) is 0 Å². The Kier molecular flexibility index (Phi) is 5.14. The molecule has 0 saturated carbocycles. The van der Waals surface area contributed by atoms with E-state index in [1.807, 2.05) is 0 Å². The Labute approximate surface area is 102 Å². The zero-order valence-electron chi connectivity index (χ0n) is 9.66. The zero-order chi connectivity index (χ0) is 12.0. The third-order valence-electron chi connectivity index (χ3n) is 2.37. The van der Waals surface area contributed by atoms with Crippen molar-refractivity contribution in [3.63, 3.8) is 0 Å². The first-order valence-corrected chi connectivity index (χ1v) is 5.87. The van der Waals surface area contributed by atoms with Crippen molar-refractivity contribution < 1.29 is 4.74 Å². The third-order valence-corrected chi connectivity index (χ3v) is 2.60. The highest BCUT2D eigenvalue weighted by molar-refractivity contribution is 6.30. The summed E-state index contributed by atoms with van der Waals surface area (Å²) in [7, 11) is 0. The van der Waals surface area contributed by atoms with Crippen LogP contribution in [-0.2, 0) is 0 Å². The van der Waals surface area contributed by atoms with E-state index < -0.39 is 0 Å². The molecule has 16 heavy (non-hydrogen) atoms. The smallest absolute Gasteiger partial charge is 0.138 e. The molecule has 0 aliphatic rings. The molecule has 0 spiro atoms. The van der Waals surface area contributed by atoms with E-state index in [-0.39, 0.29) is 0 Å². The number of benzene rings is 1. The average Bonchev–Trinajstić information content (AvgIpc) is 2.27. The van der Waals surface area contributed by atoms with Gasteiger partial charge in [-0.1, -0.05) is 31.9 Å². The molecule has 0 aliphatic heterocycles. The predicted octanol–water partition coefficient (Wildman–Crippen LogP) is 4.03. The van der Waals surface area contributed by atoms with Crippen molar-refractivity contribution in [2.75, 3.05) is 6.61 Å². The molecule has 0 bridgehead atoms. The number of rotatable bonds is 5. The van der Waals surface area contributed by atoms with Crippen LogP contribution in [0.4, 0.5) is 0 Å². The van der Waals surface area contributed by atoms with Crippen molar-refractivity contribution in [2.24, 2.45) is 5.92 Å². The molecule has 0 N–H and O–H groups in total. The van der Waals surface area contributed by atoms with E-state index >= 15 is 0 Å². The SMILES string of the molecule is CCCC(C)COc1cc(Cl)ccc1C#N. The van der Waals surface area contributed by atoms with Gasteiger partial charge in [0.15, 0.2) is 0 Å². The molecular formula is C13H16ClNO. The summed E-state index contributed by atoms with van der Waals surface area (Å²) in [6, 6.07) is 7.17. The number of hydrogen-bond donors (Lipinski definition) is 0. The minimum Gasteiger partial charge on any atom is -0.492 e. The Morgan fingerprint density at radius 3 is 2.88 bits per heavy atom. The molecule has 0 amide bonds. The summed E-state index contributed by atoms with van der Waals surface area (Å²) in [5, 5.41) is 9.50. The standard InChI is InChI=1S/C13H16ClNO/c1-3-4-10(2)9-16-13-7-12(14)6-5-11(13)8-15/h5-7,10H,3-4,9H2,1-2H3. The highest BCUT2D eigenvalue weighted by Crippen LogP contribution is 2.23. The quantitative estimate of drug-likeness (QED) is 0.775. The third kappa shape index (κ3) is 3.75. The highest BCUT2D eigenvalue weighted by Gasteiger charge is 2.06. The van der Waals surface area contributed by atoms with Crippen molar-refractivity contribution >= 4 is 11.6 Å². The predicted molar refractivity (Wildman–Crippen MR) is 65.7 cm³/mol. The van der Waals surface area contributed by atoms with Crippen LogP contribution in [-0.4, -0.2) is 6.61 Å². The lowest BCUT2D eigenvalue weighted by Crippen LogP contribution is -2.08. The second-order valence-electron chi connectivity index (χ2n) is 3.96. The fourth-order valence-corrected chi connectivity index (χ4v) is 1.68. The first-order chi connectivity index (χ1) is 7.67. The van der Waals surface area contributed by atoms with Gasteiger partial charge >= 0.3 is 0 Å². The van der Waals surface area contributed by atoms with Gasteiger partial charge in [0.25, 0.3) is 0 Å². The molecule has 2 nitrogen and oxygen atoms in total. The van der Waals surface area contributed by atoms with Crippen LogP contribution in [0.2, 0.25) is 5.02 Å². The summed E-state index contributed by atoms with van der Waals surface area (Å²) in [5.74, 6) is 1.08. The number of halogens is 1. The van der Waals surface area contributed by atoms with Crippen molar-refractivity contribution in [3.05, 3.63) is 28.8 Å². The molecule has 1 rings (SSSR count). The largest absolute Gasteiger partial charge is 0.492 e. The highest BCUT2D eigenvalue weighted by atomic mass is 35.5. The van der Waals surface area contributed by atoms with Gasteiger partial charge < -0.3 is 4.74 Å². The number of ether oxygens (including phenoxy) is 1. The van der Waals surface area contributed by atoms with E-state index in [9.17, 15) is 0 Å². The molecule has 0 heterocycles. The maximum absolute atomic E-state index is 8.90. The lowest BCUT2D eigenvalue weighted by Gasteiger charge is -2.13. The van der Waals surface area contributed by atoms with E-state index in [1.54, 1.807) is 18.2 Å². The molecular weight excluding hydrogens is 222 g/mol. The maximum Gasteiger partial charge on any atom is 0.138 e. The average molecular weight is 238 g/mol. The van der Waals surface area contributed by atoms with Crippen LogP contribution in [0, 0.1) is 17.2 Å². The molecule has 1 aromatic rings. The van der Waals surface area contributed by atoms with Gasteiger partial charge in [-0.2, -0.15) is 5.26 Å². The lowest BCUT2D eigenvalue weighted by atomic mass is 10.1. The van der Waals surface area contributed by atoms with E-state index in [4.69, 9.17) is 21.6 Å². The Balaban J connectivity index is 2.66. The molecule has 1 aromatic carbocycles. The van der Waals surface area contributed by atoms with E-state index in [1.165, 1.54) is 0 Å². The number of nitrogens with zero attached hydrogens (tertiary/aromatic N) is 1. The normalized spacial score (nSPS) is 11.9. The van der Waals surface area contributed by atoms with Gasteiger partial charge in [-0.3, -0.25) is 0 Å². The Bertz CT molecular complexity index is 384. The van der Waals surface area contributed by atoms with Crippen LogP contribution < -0.4 is 4.74 Å². The minimum atomic E-state index is 0.496. The van der Waals surface area contributed by atoms with Gasteiger partial charge in [0.1, 0.15) is 11.8 Å². The fourth-order valence-electron chi connectivity index (χ4n) is 1.52.